The summed E-state index contributed by atoms with van der Waals surface area (Å²) in [5.41, 5.74) is 2.10. The lowest BCUT2D eigenvalue weighted by Gasteiger charge is -2.36. The molecule has 0 saturated carbocycles. The predicted octanol–water partition coefficient (Wildman–Crippen LogP) is 4.82. The molecule has 0 radical (unpaired) electrons. The number of carbonyl (C=O) groups excluding carboxylic acids is 2. The van der Waals surface area contributed by atoms with Gasteiger partial charge in [-0.3, -0.25) is 14.5 Å². The first kappa shape index (κ1) is 20.5. The van der Waals surface area contributed by atoms with E-state index in [0.717, 1.165) is 18.4 Å². The molecule has 1 aliphatic heterocycles. The van der Waals surface area contributed by atoms with Crippen LogP contribution in [-0.2, 0) is 0 Å². The molecule has 3 rings (SSSR count). The molecule has 0 fully saturated rings. The van der Waals surface area contributed by atoms with Crippen LogP contribution < -0.4 is 0 Å². The van der Waals surface area contributed by atoms with Crippen LogP contribution in [0.15, 0.2) is 54.6 Å². The standard InChI is InChI=1S/C23H29NO3Si/c1-23(2,28(3,4)27)15-14-18(17-10-6-5-7-11-17)16-24-21(25)19-12-8-9-13-20(19)22(24)26/h5-13,18,27H,14-16H2,1-4H3. The number of rotatable bonds is 7. The fraction of sp³-hybridized carbons (Fsp3) is 0.391. The van der Waals surface area contributed by atoms with E-state index in [1.807, 2.05) is 31.3 Å². The molecule has 0 bridgehead atoms. The number of carbonyl (C=O) groups is 2. The number of fused-ring (bicyclic) bond motifs is 1. The van der Waals surface area contributed by atoms with Crippen LogP contribution in [0.5, 0.6) is 0 Å². The Morgan fingerprint density at radius 3 is 1.93 bits per heavy atom. The number of hydrogen-bond donors (Lipinski definition) is 1. The number of imide groups is 1. The van der Waals surface area contributed by atoms with Gasteiger partial charge in [-0.2, -0.15) is 0 Å². The van der Waals surface area contributed by atoms with Gasteiger partial charge in [-0.25, -0.2) is 0 Å². The van der Waals surface area contributed by atoms with Gasteiger partial charge in [0, 0.05) is 12.5 Å². The summed E-state index contributed by atoms with van der Waals surface area (Å²) >= 11 is 0. The summed E-state index contributed by atoms with van der Waals surface area (Å²) in [4.78, 5) is 37.6. The average molecular weight is 396 g/mol. The fourth-order valence-electron chi connectivity index (χ4n) is 3.55. The molecule has 1 heterocycles. The molecule has 4 nitrogen and oxygen atoms in total. The monoisotopic (exact) mass is 395 g/mol. The van der Waals surface area contributed by atoms with E-state index in [4.69, 9.17) is 0 Å². The van der Waals surface area contributed by atoms with Crippen molar-refractivity contribution < 1.29 is 14.4 Å². The van der Waals surface area contributed by atoms with Gasteiger partial charge in [-0.05, 0) is 48.7 Å². The number of amides is 2. The molecular weight excluding hydrogens is 366 g/mol. The van der Waals surface area contributed by atoms with Crippen molar-refractivity contribution in [2.75, 3.05) is 6.54 Å². The molecule has 28 heavy (non-hydrogen) atoms. The zero-order valence-corrected chi connectivity index (χ0v) is 18.1. The van der Waals surface area contributed by atoms with Gasteiger partial charge in [0.2, 0.25) is 0 Å². The summed E-state index contributed by atoms with van der Waals surface area (Å²) in [6.45, 7) is 8.52. The van der Waals surface area contributed by atoms with Crippen LogP contribution in [0.1, 0.15) is 58.9 Å². The molecule has 148 valence electrons. The molecule has 2 aromatic rings. The summed E-state index contributed by atoms with van der Waals surface area (Å²) in [5, 5.41) is -0.151. The molecule has 1 atom stereocenters. The molecule has 1 N–H and O–H groups in total. The first-order chi connectivity index (χ1) is 13.1. The van der Waals surface area contributed by atoms with Gasteiger partial charge in [0.15, 0.2) is 8.32 Å². The zero-order valence-electron chi connectivity index (χ0n) is 17.1. The lowest BCUT2D eigenvalue weighted by molar-refractivity contribution is 0.0642. The maximum atomic E-state index is 12.8. The van der Waals surface area contributed by atoms with Crippen LogP contribution in [0.4, 0.5) is 0 Å². The van der Waals surface area contributed by atoms with Crippen LogP contribution in [0, 0.1) is 0 Å². The fourth-order valence-corrected chi connectivity index (χ4v) is 4.31. The van der Waals surface area contributed by atoms with Gasteiger partial charge in [0.05, 0.1) is 11.1 Å². The predicted molar refractivity (Wildman–Crippen MR) is 114 cm³/mol. The molecule has 0 aliphatic carbocycles. The van der Waals surface area contributed by atoms with Crippen LogP contribution in [0.2, 0.25) is 18.1 Å². The summed E-state index contributed by atoms with van der Waals surface area (Å²) in [6, 6.07) is 17.1. The number of benzene rings is 2. The van der Waals surface area contributed by atoms with Gasteiger partial charge >= 0.3 is 0 Å². The molecular formula is C23H29NO3Si. The van der Waals surface area contributed by atoms with Crippen LogP contribution in [-0.4, -0.2) is 36.4 Å². The normalized spacial score (nSPS) is 15.7. The van der Waals surface area contributed by atoms with E-state index in [9.17, 15) is 14.4 Å². The third-order valence-electron chi connectivity index (χ3n) is 6.33. The van der Waals surface area contributed by atoms with Gasteiger partial charge in [-0.1, -0.05) is 56.3 Å². The van der Waals surface area contributed by atoms with E-state index >= 15 is 0 Å². The summed E-state index contributed by atoms with van der Waals surface area (Å²) in [5.74, 6) is -0.380. The average Bonchev–Trinajstić information content (AvgIpc) is 2.89. The second-order valence-corrected chi connectivity index (χ2v) is 13.3. The van der Waals surface area contributed by atoms with Gasteiger partial charge in [0.1, 0.15) is 0 Å². The van der Waals surface area contributed by atoms with E-state index in [0.29, 0.717) is 17.7 Å². The second-order valence-electron chi connectivity index (χ2n) is 8.86. The molecule has 1 unspecified atom stereocenters. The third kappa shape index (κ3) is 3.96. The number of nitrogens with zero attached hydrogens (tertiary/aromatic N) is 1. The van der Waals surface area contributed by atoms with Crippen molar-refractivity contribution >= 4 is 20.1 Å². The van der Waals surface area contributed by atoms with Crippen molar-refractivity contribution in [3.63, 3.8) is 0 Å². The highest BCUT2D eigenvalue weighted by atomic mass is 28.4. The highest BCUT2D eigenvalue weighted by Crippen LogP contribution is 2.42. The zero-order chi connectivity index (χ0) is 20.5. The lowest BCUT2D eigenvalue weighted by atomic mass is 9.90. The van der Waals surface area contributed by atoms with Gasteiger partial charge in [0.25, 0.3) is 11.8 Å². The Morgan fingerprint density at radius 2 is 1.43 bits per heavy atom. The van der Waals surface area contributed by atoms with E-state index in [-0.39, 0.29) is 22.8 Å². The Bertz CT molecular complexity index is 836. The summed E-state index contributed by atoms with van der Waals surface area (Å²) in [6.07, 6.45) is 1.65. The van der Waals surface area contributed by atoms with E-state index < -0.39 is 8.32 Å². The Balaban J connectivity index is 1.83. The maximum absolute atomic E-state index is 12.8. The Morgan fingerprint density at radius 1 is 0.929 bits per heavy atom. The minimum atomic E-state index is -2.32. The Hall–Kier alpha value is -2.24. The van der Waals surface area contributed by atoms with Gasteiger partial charge in [-0.15, -0.1) is 0 Å². The molecule has 5 heteroatoms. The molecule has 0 saturated heterocycles. The van der Waals surface area contributed by atoms with E-state index in [1.54, 1.807) is 24.3 Å². The maximum Gasteiger partial charge on any atom is 0.261 e. The largest absolute Gasteiger partial charge is 0.432 e. The highest BCUT2D eigenvalue weighted by molar-refractivity contribution is 6.72. The summed E-state index contributed by atoms with van der Waals surface area (Å²) < 4.78 is 0. The molecule has 2 amide bonds. The second kappa shape index (κ2) is 7.64. The summed E-state index contributed by atoms with van der Waals surface area (Å²) in [7, 11) is -2.32. The van der Waals surface area contributed by atoms with Crippen molar-refractivity contribution in [3.8, 4) is 0 Å². The lowest BCUT2D eigenvalue weighted by Crippen LogP contribution is -2.39. The van der Waals surface area contributed by atoms with Crippen LogP contribution in [0.25, 0.3) is 0 Å². The molecule has 0 aromatic heterocycles. The first-order valence-corrected chi connectivity index (χ1v) is 12.8. The molecule has 1 aliphatic rings. The quantitative estimate of drug-likeness (QED) is 0.540. The smallest absolute Gasteiger partial charge is 0.261 e. The van der Waals surface area contributed by atoms with Crippen LogP contribution >= 0.6 is 0 Å². The van der Waals surface area contributed by atoms with Crippen molar-refractivity contribution in [3.05, 3.63) is 71.3 Å². The molecule has 2 aromatic carbocycles. The van der Waals surface area contributed by atoms with E-state index in [2.05, 4.69) is 26.0 Å². The Labute approximate surface area is 168 Å². The van der Waals surface area contributed by atoms with Crippen molar-refractivity contribution in [2.45, 2.75) is 50.7 Å². The minimum absolute atomic E-state index is 0.0408. The Kier molecular flexibility index (Phi) is 5.59. The minimum Gasteiger partial charge on any atom is -0.432 e. The van der Waals surface area contributed by atoms with Crippen molar-refractivity contribution in [1.82, 2.24) is 4.90 Å². The van der Waals surface area contributed by atoms with Crippen LogP contribution in [0.3, 0.4) is 0 Å². The number of hydrogen-bond acceptors (Lipinski definition) is 3. The van der Waals surface area contributed by atoms with E-state index in [1.165, 1.54) is 4.90 Å². The van der Waals surface area contributed by atoms with Crippen molar-refractivity contribution in [1.29, 1.82) is 0 Å². The highest BCUT2D eigenvalue weighted by Gasteiger charge is 2.40. The molecule has 0 spiro atoms. The van der Waals surface area contributed by atoms with Crippen molar-refractivity contribution in [2.24, 2.45) is 0 Å². The SMILES string of the molecule is CC(C)(CCC(CN1C(=O)c2ccccc2C1=O)c1ccccc1)[Si](C)(C)O. The topological polar surface area (TPSA) is 57.6 Å². The third-order valence-corrected chi connectivity index (χ3v) is 9.89. The first-order valence-electron chi connectivity index (χ1n) is 9.84. The van der Waals surface area contributed by atoms with Gasteiger partial charge < -0.3 is 4.80 Å².